The zero-order valence-electron chi connectivity index (χ0n) is 13.2. The van der Waals surface area contributed by atoms with E-state index < -0.39 is 0 Å². The van der Waals surface area contributed by atoms with Crippen LogP contribution in [0, 0.1) is 6.92 Å². The maximum absolute atomic E-state index is 5.87. The van der Waals surface area contributed by atoms with Crippen LogP contribution in [-0.4, -0.2) is 6.54 Å². The van der Waals surface area contributed by atoms with Crippen molar-refractivity contribution >= 4 is 0 Å². The molecule has 0 unspecified atom stereocenters. The molecule has 1 N–H and O–H groups in total. The molecule has 1 aromatic heterocycles. The Morgan fingerprint density at radius 3 is 2.81 bits per heavy atom. The Balaban J connectivity index is 1.93. The molecular weight excluding hydrogens is 262 g/mol. The summed E-state index contributed by atoms with van der Waals surface area (Å²) in [5, 5.41) is 3.35. The van der Waals surface area contributed by atoms with Crippen LogP contribution in [0.15, 0.2) is 34.7 Å². The van der Waals surface area contributed by atoms with Crippen LogP contribution in [0.4, 0.5) is 0 Å². The Hall–Kier alpha value is -1.74. The second kappa shape index (κ2) is 7.89. The van der Waals surface area contributed by atoms with Crippen molar-refractivity contribution in [1.82, 2.24) is 5.32 Å². The summed E-state index contributed by atoms with van der Waals surface area (Å²) in [4.78, 5) is 0. The van der Waals surface area contributed by atoms with E-state index >= 15 is 0 Å². The van der Waals surface area contributed by atoms with E-state index in [4.69, 9.17) is 9.15 Å². The first-order chi connectivity index (χ1) is 10.2. The molecule has 1 heterocycles. The molecule has 1 aromatic carbocycles. The van der Waals surface area contributed by atoms with Crippen LogP contribution < -0.4 is 10.1 Å². The van der Waals surface area contributed by atoms with Crippen molar-refractivity contribution < 1.29 is 9.15 Å². The first-order valence-electron chi connectivity index (χ1n) is 7.73. The van der Waals surface area contributed by atoms with E-state index in [1.54, 1.807) is 0 Å². The van der Waals surface area contributed by atoms with E-state index in [2.05, 4.69) is 37.4 Å². The Morgan fingerprint density at radius 1 is 1.19 bits per heavy atom. The van der Waals surface area contributed by atoms with Gasteiger partial charge in [-0.1, -0.05) is 26.0 Å². The first-order valence-corrected chi connectivity index (χ1v) is 7.73. The molecule has 0 spiro atoms. The summed E-state index contributed by atoms with van der Waals surface area (Å²) in [6.07, 6.45) is 2.15. The number of hydrogen-bond donors (Lipinski definition) is 1. The van der Waals surface area contributed by atoms with Crippen molar-refractivity contribution in [2.45, 2.75) is 46.8 Å². The fourth-order valence-electron chi connectivity index (χ4n) is 2.22. The van der Waals surface area contributed by atoms with E-state index in [1.807, 2.05) is 19.1 Å². The van der Waals surface area contributed by atoms with Crippen molar-refractivity contribution in [2.75, 3.05) is 6.54 Å². The molecule has 0 aliphatic heterocycles. The van der Waals surface area contributed by atoms with Crippen molar-refractivity contribution in [2.24, 2.45) is 0 Å². The molecular formula is C18H25NO2. The van der Waals surface area contributed by atoms with Crippen LogP contribution in [0.2, 0.25) is 0 Å². The summed E-state index contributed by atoms with van der Waals surface area (Å²) in [6, 6.07) is 10.3. The zero-order valence-corrected chi connectivity index (χ0v) is 13.2. The predicted molar refractivity (Wildman–Crippen MR) is 85.6 cm³/mol. The maximum atomic E-state index is 5.87. The molecule has 0 saturated carbocycles. The quantitative estimate of drug-likeness (QED) is 0.738. The molecule has 0 aliphatic carbocycles. The van der Waals surface area contributed by atoms with E-state index in [1.165, 1.54) is 5.56 Å². The second-order valence-electron chi connectivity index (χ2n) is 5.26. The zero-order chi connectivity index (χ0) is 15.1. The molecule has 3 nitrogen and oxygen atoms in total. The summed E-state index contributed by atoms with van der Waals surface area (Å²) in [5.41, 5.74) is 2.41. The van der Waals surface area contributed by atoms with Crippen molar-refractivity contribution in [3.05, 3.63) is 53.0 Å². The third-order valence-corrected chi connectivity index (χ3v) is 3.50. The predicted octanol–water partition coefficient (Wildman–Crippen LogP) is 4.23. The smallest absolute Gasteiger partial charge is 0.120 e. The van der Waals surface area contributed by atoms with Gasteiger partial charge in [-0.2, -0.15) is 0 Å². The summed E-state index contributed by atoms with van der Waals surface area (Å²) >= 11 is 0. The molecule has 0 saturated heterocycles. The van der Waals surface area contributed by atoms with Gasteiger partial charge in [0.05, 0.1) is 6.54 Å². The van der Waals surface area contributed by atoms with Crippen LogP contribution >= 0.6 is 0 Å². The molecule has 3 heteroatoms. The molecule has 21 heavy (non-hydrogen) atoms. The topological polar surface area (TPSA) is 34.4 Å². The van der Waals surface area contributed by atoms with E-state index in [9.17, 15) is 0 Å². The number of hydrogen-bond acceptors (Lipinski definition) is 3. The number of nitrogens with one attached hydrogen (secondary N) is 1. The monoisotopic (exact) mass is 287 g/mol. The summed E-state index contributed by atoms with van der Waals surface area (Å²) < 4.78 is 11.6. The van der Waals surface area contributed by atoms with E-state index in [-0.39, 0.29) is 0 Å². The average Bonchev–Trinajstić information content (AvgIpc) is 2.86. The number of rotatable bonds is 8. The highest BCUT2D eigenvalue weighted by atomic mass is 16.5. The number of aryl methyl sites for hydroxylation is 2. The van der Waals surface area contributed by atoms with Crippen LogP contribution in [0.3, 0.4) is 0 Å². The van der Waals surface area contributed by atoms with Crippen molar-refractivity contribution in [1.29, 1.82) is 0 Å². The minimum Gasteiger partial charge on any atom is -0.489 e. The lowest BCUT2D eigenvalue weighted by molar-refractivity contribution is 0.302. The molecule has 2 rings (SSSR count). The summed E-state index contributed by atoms with van der Waals surface area (Å²) in [5.74, 6) is 2.83. The highest BCUT2D eigenvalue weighted by Gasteiger charge is 2.08. The van der Waals surface area contributed by atoms with Gasteiger partial charge in [0, 0.05) is 5.56 Å². The van der Waals surface area contributed by atoms with Gasteiger partial charge >= 0.3 is 0 Å². The van der Waals surface area contributed by atoms with E-state index in [0.29, 0.717) is 6.61 Å². The standard InChI is InChI=1S/C18H25NO2/c1-4-9-19-12-18-11-16(14(3)21-18)13-20-17-8-6-7-15(5-2)10-17/h6-8,10-11,19H,4-5,9,12-13H2,1-3H3. The lowest BCUT2D eigenvalue weighted by atomic mass is 10.2. The van der Waals surface area contributed by atoms with Gasteiger partial charge in [0.1, 0.15) is 23.9 Å². The summed E-state index contributed by atoms with van der Waals surface area (Å²) in [7, 11) is 0. The summed E-state index contributed by atoms with van der Waals surface area (Å²) in [6.45, 7) is 8.63. The van der Waals surface area contributed by atoms with Crippen LogP contribution in [0.25, 0.3) is 0 Å². The second-order valence-corrected chi connectivity index (χ2v) is 5.26. The van der Waals surface area contributed by atoms with Gasteiger partial charge in [-0.15, -0.1) is 0 Å². The number of benzene rings is 1. The van der Waals surface area contributed by atoms with Crippen molar-refractivity contribution in [3.8, 4) is 5.75 Å². The Bertz CT molecular complexity index is 560. The molecule has 0 radical (unpaired) electrons. The fourth-order valence-corrected chi connectivity index (χ4v) is 2.22. The Kier molecular flexibility index (Phi) is 5.88. The van der Waals surface area contributed by atoms with Gasteiger partial charge in [0.2, 0.25) is 0 Å². The van der Waals surface area contributed by atoms with Crippen LogP contribution in [0.5, 0.6) is 5.75 Å². The number of furan rings is 1. The first kappa shape index (κ1) is 15.6. The normalized spacial score (nSPS) is 10.8. The van der Waals surface area contributed by atoms with E-state index in [0.717, 1.165) is 48.8 Å². The Morgan fingerprint density at radius 2 is 2.05 bits per heavy atom. The van der Waals surface area contributed by atoms with Crippen molar-refractivity contribution in [3.63, 3.8) is 0 Å². The Labute approximate surface area is 127 Å². The van der Waals surface area contributed by atoms with Gasteiger partial charge in [-0.25, -0.2) is 0 Å². The third-order valence-electron chi connectivity index (χ3n) is 3.50. The molecule has 0 atom stereocenters. The van der Waals surface area contributed by atoms with Crippen LogP contribution in [-0.2, 0) is 19.6 Å². The number of ether oxygens (including phenoxy) is 1. The SMILES string of the molecule is CCCNCc1cc(COc2cccc(CC)c2)c(C)o1. The lowest BCUT2D eigenvalue weighted by Gasteiger charge is -2.06. The van der Waals surface area contributed by atoms with Gasteiger partial charge in [-0.05, 0) is 50.1 Å². The minimum atomic E-state index is 0.552. The highest BCUT2D eigenvalue weighted by Crippen LogP contribution is 2.19. The van der Waals surface area contributed by atoms with Crippen LogP contribution in [0.1, 0.15) is 42.9 Å². The fraction of sp³-hybridized carbons (Fsp3) is 0.444. The van der Waals surface area contributed by atoms with Gasteiger partial charge in [-0.3, -0.25) is 0 Å². The average molecular weight is 287 g/mol. The maximum Gasteiger partial charge on any atom is 0.120 e. The molecule has 114 valence electrons. The molecule has 0 bridgehead atoms. The largest absolute Gasteiger partial charge is 0.489 e. The molecule has 0 amide bonds. The van der Waals surface area contributed by atoms with Gasteiger partial charge < -0.3 is 14.5 Å². The molecule has 0 aliphatic rings. The minimum absolute atomic E-state index is 0.552. The molecule has 0 fully saturated rings. The van der Waals surface area contributed by atoms with Gasteiger partial charge in [0.15, 0.2) is 0 Å². The van der Waals surface area contributed by atoms with Gasteiger partial charge in [0.25, 0.3) is 0 Å². The highest BCUT2D eigenvalue weighted by molar-refractivity contribution is 5.29. The lowest BCUT2D eigenvalue weighted by Crippen LogP contribution is -2.13. The third kappa shape index (κ3) is 4.64. The molecule has 2 aromatic rings.